The van der Waals surface area contributed by atoms with Crippen LogP contribution < -0.4 is 10.6 Å². The fraction of sp³-hybridized carbons (Fsp3) is 0.227. The third kappa shape index (κ3) is 5.70. The van der Waals surface area contributed by atoms with Crippen LogP contribution in [-0.4, -0.2) is 16.8 Å². The Morgan fingerprint density at radius 3 is 2.17 bits per heavy atom. The van der Waals surface area contributed by atoms with E-state index < -0.39 is 11.7 Å². The van der Waals surface area contributed by atoms with Crippen molar-refractivity contribution in [2.45, 2.75) is 26.8 Å². The van der Waals surface area contributed by atoms with Gasteiger partial charge in [0.1, 0.15) is 16.5 Å². The molecule has 0 fully saturated rings. The number of aromatic nitrogens is 1. The zero-order valence-electron chi connectivity index (χ0n) is 16.5. The van der Waals surface area contributed by atoms with E-state index >= 15 is 0 Å². The van der Waals surface area contributed by atoms with Crippen LogP contribution >= 0.6 is 11.3 Å². The fourth-order valence-electron chi connectivity index (χ4n) is 2.74. The largest absolute Gasteiger partial charge is 0.347 e. The highest BCUT2D eigenvalue weighted by Crippen LogP contribution is 2.26. The second-order valence-electron chi connectivity index (χ2n) is 7.16. The van der Waals surface area contributed by atoms with Gasteiger partial charge in [0.25, 0.3) is 11.8 Å². The van der Waals surface area contributed by atoms with Crippen LogP contribution in [0, 0.1) is 17.6 Å². The fourth-order valence-corrected chi connectivity index (χ4v) is 3.65. The van der Waals surface area contributed by atoms with Gasteiger partial charge in [-0.1, -0.05) is 37.3 Å². The topological polar surface area (TPSA) is 71.1 Å². The highest BCUT2D eigenvalue weighted by Gasteiger charge is 2.20. The second-order valence-corrected chi connectivity index (χ2v) is 8.16. The minimum Gasteiger partial charge on any atom is -0.347 e. The molecular weight excluding hydrogens is 408 g/mol. The molecule has 0 atom stereocenters. The number of amides is 2. The predicted octanol–water partition coefficient (Wildman–Crippen LogP) is 4.80. The molecule has 156 valence electrons. The average Bonchev–Trinajstić information content (AvgIpc) is 3.09. The van der Waals surface area contributed by atoms with Crippen molar-refractivity contribution in [3.63, 3.8) is 0 Å². The number of anilines is 1. The van der Waals surface area contributed by atoms with Crippen LogP contribution in [0.25, 0.3) is 0 Å². The maximum absolute atomic E-state index is 13.1. The van der Waals surface area contributed by atoms with E-state index in [1.54, 1.807) is 12.1 Å². The molecule has 8 heteroatoms. The van der Waals surface area contributed by atoms with Crippen molar-refractivity contribution in [2.75, 3.05) is 5.32 Å². The van der Waals surface area contributed by atoms with Crippen molar-refractivity contribution in [3.8, 4) is 0 Å². The van der Waals surface area contributed by atoms with E-state index in [9.17, 15) is 18.4 Å². The Hall–Kier alpha value is -3.13. The molecule has 3 aromatic rings. The van der Waals surface area contributed by atoms with Gasteiger partial charge in [0, 0.05) is 12.1 Å². The van der Waals surface area contributed by atoms with Gasteiger partial charge in [0.15, 0.2) is 5.13 Å². The number of carbonyl (C=O) groups excluding carboxylic acids is 2. The van der Waals surface area contributed by atoms with Crippen molar-refractivity contribution in [2.24, 2.45) is 5.92 Å². The van der Waals surface area contributed by atoms with Gasteiger partial charge in [-0.2, -0.15) is 0 Å². The molecule has 0 radical (unpaired) electrons. The molecule has 0 unspecified atom stereocenters. The molecule has 30 heavy (non-hydrogen) atoms. The van der Waals surface area contributed by atoms with E-state index in [1.165, 1.54) is 36.4 Å². The van der Waals surface area contributed by atoms with E-state index in [-0.39, 0.29) is 24.2 Å². The van der Waals surface area contributed by atoms with Gasteiger partial charge in [-0.05, 0) is 54.3 Å². The second kappa shape index (κ2) is 9.58. The number of hydrogen-bond donors (Lipinski definition) is 2. The monoisotopic (exact) mass is 429 g/mol. The standard InChI is InChI=1S/C22H21F2N3O2S/c1-13(2)11-18-19(21(29)25-12-14-3-7-16(23)8-4-14)30-22(26-18)27-20(28)15-5-9-17(24)10-6-15/h3-10,13H,11-12H2,1-2H3,(H,25,29)(H,26,27,28). The molecule has 1 heterocycles. The molecular formula is C22H21F2N3O2S. The number of nitrogens with one attached hydrogen (secondary N) is 2. The summed E-state index contributed by atoms with van der Waals surface area (Å²) in [6.07, 6.45) is 0.572. The predicted molar refractivity (Wildman–Crippen MR) is 113 cm³/mol. The third-order valence-corrected chi connectivity index (χ3v) is 5.21. The normalized spacial score (nSPS) is 10.8. The summed E-state index contributed by atoms with van der Waals surface area (Å²) in [4.78, 5) is 29.9. The van der Waals surface area contributed by atoms with Crippen LogP contribution in [0.2, 0.25) is 0 Å². The number of halogens is 2. The molecule has 0 aliphatic heterocycles. The van der Waals surface area contributed by atoms with Crippen LogP contribution in [0.1, 0.15) is 45.1 Å². The molecule has 5 nitrogen and oxygen atoms in total. The van der Waals surface area contributed by atoms with Crippen molar-refractivity contribution in [1.82, 2.24) is 10.3 Å². The Bertz CT molecular complexity index is 1030. The third-order valence-electron chi connectivity index (χ3n) is 4.20. The van der Waals surface area contributed by atoms with Crippen molar-refractivity contribution >= 4 is 28.3 Å². The van der Waals surface area contributed by atoms with Gasteiger partial charge in [-0.25, -0.2) is 13.8 Å². The van der Waals surface area contributed by atoms with Crippen LogP contribution in [0.4, 0.5) is 13.9 Å². The quantitative estimate of drug-likeness (QED) is 0.567. The lowest BCUT2D eigenvalue weighted by Crippen LogP contribution is -2.23. The molecule has 3 rings (SSSR count). The lowest BCUT2D eigenvalue weighted by atomic mass is 10.1. The number of nitrogens with zero attached hydrogens (tertiary/aromatic N) is 1. The first-order valence-electron chi connectivity index (χ1n) is 9.41. The zero-order chi connectivity index (χ0) is 21.7. The lowest BCUT2D eigenvalue weighted by Gasteiger charge is -2.06. The Balaban J connectivity index is 1.74. The number of carbonyl (C=O) groups is 2. The SMILES string of the molecule is CC(C)Cc1nc(NC(=O)c2ccc(F)cc2)sc1C(=O)NCc1ccc(F)cc1. The molecule has 2 aromatic carbocycles. The number of hydrogen-bond acceptors (Lipinski definition) is 4. The van der Waals surface area contributed by atoms with Gasteiger partial charge < -0.3 is 5.32 Å². The summed E-state index contributed by atoms with van der Waals surface area (Å²) >= 11 is 1.08. The molecule has 2 amide bonds. The summed E-state index contributed by atoms with van der Waals surface area (Å²) in [5.41, 5.74) is 1.66. The smallest absolute Gasteiger partial charge is 0.263 e. The van der Waals surface area contributed by atoms with E-state index in [0.29, 0.717) is 27.7 Å². The van der Waals surface area contributed by atoms with Crippen molar-refractivity contribution < 1.29 is 18.4 Å². The molecule has 2 N–H and O–H groups in total. The minimum absolute atomic E-state index is 0.245. The van der Waals surface area contributed by atoms with Gasteiger partial charge in [0.05, 0.1) is 5.69 Å². The van der Waals surface area contributed by atoms with E-state index in [4.69, 9.17) is 0 Å². The van der Waals surface area contributed by atoms with E-state index in [0.717, 1.165) is 16.9 Å². The maximum Gasteiger partial charge on any atom is 0.263 e. The summed E-state index contributed by atoms with van der Waals surface area (Å²) in [6, 6.07) is 11.0. The summed E-state index contributed by atoms with van der Waals surface area (Å²) in [5, 5.41) is 5.78. The molecule has 1 aromatic heterocycles. The summed E-state index contributed by atoms with van der Waals surface area (Å²) in [7, 11) is 0. The Morgan fingerprint density at radius 1 is 0.967 bits per heavy atom. The van der Waals surface area contributed by atoms with Gasteiger partial charge in [-0.3, -0.25) is 14.9 Å². The minimum atomic E-state index is -0.432. The molecule has 0 saturated heterocycles. The number of rotatable bonds is 7. The van der Waals surface area contributed by atoms with E-state index in [2.05, 4.69) is 15.6 Å². The molecule has 0 aliphatic carbocycles. The molecule has 0 aliphatic rings. The number of thiazole rings is 1. The zero-order valence-corrected chi connectivity index (χ0v) is 17.4. The Labute approximate surface area is 177 Å². The lowest BCUT2D eigenvalue weighted by molar-refractivity contribution is 0.0952. The highest BCUT2D eigenvalue weighted by atomic mass is 32.1. The Kier molecular flexibility index (Phi) is 6.89. The van der Waals surface area contributed by atoms with Crippen LogP contribution in [0.3, 0.4) is 0 Å². The Morgan fingerprint density at radius 2 is 1.57 bits per heavy atom. The summed E-state index contributed by atoms with van der Waals surface area (Å²) in [6.45, 7) is 4.27. The van der Waals surface area contributed by atoms with Crippen molar-refractivity contribution in [3.05, 3.63) is 81.9 Å². The van der Waals surface area contributed by atoms with Crippen LogP contribution in [0.5, 0.6) is 0 Å². The van der Waals surface area contributed by atoms with Crippen molar-refractivity contribution in [1.29, 1.82) is 0 Å². The molecule has 0 spiro atoms. The first kappa shape index (κ1) is 21.6. The molecule has 0 bridgehead atoms. The van der Waals surface area contributed by atoms with Gasteiger partial charge in [-0.15, -0.1) is 0 Å². The first-order chi connectivity index (χ1) is 14.3. The highest BCUT2D eigenvalue weighted by molar-refractivity contribution is 7.17. The summed E-state index contributed by atoms with van der Waals surface area (Å²) in [5.74, 6) is -1.25. The van der Waals surface area contributed by atoms with Crippen LogP contribution in [-0.2, 0) is 13.0 Å². The average molecular weight is 429 g/mol. The number of benzene rings is 2. The summed E-state index contributed by atoms with van der Waals surface area (Å²) < 4.78 is 26.1. The van der Waals surface area contributed by atoms with Gasteiger partial charge in [0.2, 0.25) is 0 Å². The molecule has 0 saturated carbocycles. The van der Waals surface area contributed by atoms with Crippen LogP contribution in [0.15, 0.2) is 48.5 Å². The van der Waals surface area contributed by atoms with E-state index in [1.807, 2.05) is 13.8 Å². The maximum atomic E-state index is 13.1. The first-order valence-corrected chi connectivity index (χ1v) is 10.2. The van der Waals surface area contributed by atoms with Gasteiger partial charge >= 0.3 is 0 Å².